The Hall–Kier alpha value is -0.820. The number of hydrogen-bond acceptors (Lipinski definition) is 4. The molecule has 7 heteroatoms. The molecule has 0 aliphatic carbocycles. The standard InChI is InChI=1S/C13H16ClNO3S2/c1-9-12(6-14)13(10(2)18-9)20(16,17)15(3)7-11-4-5-19-8-11/h4-5,8H,6-7H2,1-3H3. The highest BCUT2D eigenvalue weighted by Crippen LogP contribution is 2.30. The smallest absolute Gasteiger partial charge is 0.246 e. The Kier molecular flexibility index (Phi) is 4.59. The van der Waals surface area contributed by atoms with E-state index in [2.05, 4.69) is 0 Å². The van der Waals surface area contributed by atoms with Crippen LogP contribution in [0.5, 0.6) is 0 Å². The number of alkyl halides is 1. The third-order valence-electron chi connectivity index (χ3n) is 3.11. The molecule has 0 atom stereocenters. The lowest BCUT2D eigenvalue weighted by Gasteiger charge is -2.17. The van der Waals surface area contributed by atoms with Crippen LogP contribution in [0.4, 0.5) is 0 Å². The Morgan fingerprint density at radius 2 is 2.05 bits per heavy atom. The van der Waals surface area contributed by atoms with Gasteiger partial charge in [0, 0.05) is 19.2 Å². The van der Waals surface area contributed by atoms with Crippen LogP contribution in [0, 0.1) is 13.8 Å². The Labute approximate surface area is 128 Å². The fourth-order valence-electron chi connectivity index (χ4n) is 2.08. The second-order valence-electron chi connectivity index (χ2n) is 4.55. The van der Waals surface area contributed by atoms with Gasteiger partial charge in [-0.25, -0.2) is 8.42 Å². The zero-order valence-electron chi connectivity index (χ0n) is 11.5. The summed E-state index contributed by atoms with van der Waals surface area (Å²) in [4.78, 5) is 0.197. The first kappa shape index (κ1) is 15.6. The summed E-state index contributed by atoms with van der Waals surface area (Å²) in [6, 6.07) is 1.91. The van der Waals surface area contributed by atoms with Crippen molar-refractivity contribution in [2.75, 3.05) is 7.05 Å². The van der Waals surface area contributed by atoms with Crippen molar-refractivity contribution in [2.24, 2.45) is 0 Å². The molecule has 4 nitrogen and oxygen atoms in total. The van der Waals surface area contributed by atoms with Gasteiger partial charge in [0.1, 0.15) is 16.4 Å². The maximum atomic E-state index is 12.7. The summed E-state index contributed by atoms with van der Waals surface area (Å²) in [6.07, 6.45) is 0. The first-order valence-electron chi connectivity index (χ1n) is 6.00. The van der Waals surface area contributed by atoms with Crippen LogP contribution >= 0.6 is 22.9 Å². The Balaban J connectivity index is 2.40. The summed E-state index contributed by atoms with van der Waals surface area (Å²) in [5.74, 6) is 1.06. The highest BCUT2D eigenvalue weighted by atomic mass is 35.5. The SMILES string of the molecule is Cc1oc(C)c(S(=O)(=O)N(C)Cc2ccsc2)c1CCl. The van der Waals surface area contributed by atoms with Crippen LogP contribution < -0.4 is 0 Å². The number of furan rings is 1. The molecule has 0 N–H and O–H groups in total. The molecule has 0 aromatic carbocycles. The molecule has 0 saturated carbocycles. The van der Waals surface area contributed by atoms with Crippen LogP contribution in [0.3, 0.4) is 0 Å². The second-order valence-corrected chi connectivity index (χ2v) is 7.58. The number of hydrogen-bond donors (Lipinski definition) is 0. The molecular weight excluding hydrogens is 318 g/mol. The van der Waals surface area contributed by atoms with E-state index in [1.165, 1.54) is 4.31 Å². The topological polar surface area (TPSA) is 50.5 Å². The molecule has 0 spiro atoms. The number of rotatable bonds is 5. The quantitative estimate of drug-likeness (QED) is 0.787. The normalized spacial score (nSPS) is 12.2. The van der Waals surface area contributed by atoms with E-state index in [0.29, 0.717) is 23.6 Å². The van der Waals surface area contributed by atoms with Gasteiger partial charge in [0.05, 0.1) is 5.88 Å². The first-order chi connectivity index (χ1) is 9.37. The molecule has 0 bridgehead atoms. The number of aryl methyl sites for hydroxylation is 2. The average Bonchev–Trinajstić information content (AvgIpc) is 2.96. The van der Waals surface area contributed by atoms with Crippen LogP contribution in [0.15, 0.2) is 26.1 Å². The van der Waals surface area contributed by atoms with E-state index < -0.39 is 10.0 Å². The summed E-state index contributed by atoms with van der Waals surface area (Å²) in [6.45, 7) is 3.70. The molecule has 0 fully saturated rings. The van der Waals surface area contributed by atoms with Crippen LogP contribution in [-0.4, -0.2) is 19.8 Å². The van der Waals surface area contributed by atoms with E-state index in [1.807, 2.05) is 16.8 Å². The van der Waals surface area contributed by atoms with Crippen molar-refractivity contribution in [3.8, 4) is 0 Å². The highest BCUT2D eigenvalue weighted by Gasteiger charge is 2.30. The summed E-state index contributed by atoms with van der Waals surface area (Å²) < 4.78 is 32.1. The summed E-state index contributed by atoms with van der Waals surface area (Å²) in [5, 5.41) is 3.86. The van der Waals surface area contributed by atoms with Crippen LogP contribution in [-0.2, 0) is 22.4 Å². The predicted molar refractivity (Wildman–Crippen MR) is 80.7 cm³/mol. The van der Waals surface area contributed by atoms with Gasteiger partial charge in [-0.2, -0.15) is 15.6 Å². The molecule has 0 amide bonds. The Bertz CT molecular complexity index is 690. The van der Waals surface area contributed by atoms with Crippen molar-refractivity contribution < 1.29 is 12.8 Å². The maximum absolute atomic E-state index is 12.7. The minimum absolute atomic E-state index is 0.115. The van der Waals surface area contributed by atoms with Crippen LogP contribution in [0.25, 0.3) is 0 Å². The summed E-state index contributed by atoms with van der Waals surface area (Å²) in [5.41, 5.74) is 1.51. The molecule has 0 saturated heterocycles. The van der Waals surface area contributed by atoms with Crippen molar-refractivity contribution in [1.82, 2.24) is 4.31 Å². The van der Waals surface area contributed by atoms with E-state index in [1.54, 1.807) is 32.2 Å². The van der Waals surface area contributed by atoms with Gasteiger partial charge in [0.25, 0.3) is 0 Å². The first-order valence-corrected chi connectivity index (χ1v) is 8.92. The van der Waals surface area contributed by atoms with Crippen molar-refractivity contribution in [2.45, 2.75) is 31.2 Å². The van der Waals surface area contributed by atoms with Gasteiger partial charge in [-0.15, -0.1) is 11.6 Å². The number of nitrogens with zero attached hydrogens (tertiary/aromatic N) is 1. The van der Waals surface area contributed by atoms with E-state index in [-0.39, 0.29) is 10.8 Å². The molecule has 0 aliphatic heterocycles. The van der Waals surface area contributed by atoms with Crippen molar-refractivity contribution >= 4 is 33.0 Å². The maximum Gasteiger partial charge on any atom is 0.246 e. The molecule has 0 unspecified atom stereocenters. The molecule has 2 aromatic heterocycles. The average molecular weight is 334 g/mol. The molecule has 0 aliphatic rings. The minimum atomic E-state index is -3.61. The van der Waals surface area contributed by atoms with Crippen molar-refractivity contribution in [1.29, 1.82) is 0 Å². The molecule has 2 aromatic rings. The van der Waals surface area contributed by atoms with Gasteiger partial charge >= 0.3 is 0 Å². The Morgan fingerprint density at radius 3 is 2.60 bits per heavy atom. The lowest BCUT2D eigenvalue weighted by atomic mass is 10.3. The molecule has 0 radical (unpaired) electrons. The fraction of sp³-hybridized carbons (Fsp3) is 0.385. The lowest BCUT2D eigenvalue weighted by molar-refractivity contribution is 0.460. The highest BCUT2D eigenvalue weighted by molar-refractivity contribution is 7.89. The number of halogens is 1. The van der Waals surface area contributed by atoms with E-state index in [0.717, 1.165) is 5.56 Å². The van der Waals surface area contributed by atoms with Gasteiger partial charge in [0.2, 0.25) is 10.0 Å². The van der Waals surface area contributed by atoms with E-state index in [9.17, 15) is 8.42 Å². The largest absolute Gasteiger partial charge is 0.465 e. The zero-order valence-corrected chi connectivity index (χ0v) is 13.9. The molecule has 2 heterocycles. The lowest BCUT2D eigenvalue weighted by Crippen LogP contribution is -2.27. The van der Waals surface area contributed by atoms with Crippen molar-refractivity contribution in [3.05, 3.63) is 39.5 Å². The third-order valence-corrected chi connectivity index (χ3v) is 6.11. The number of thiophene rings is 1. The van der Waals surface area contributed by atoms with Gasteiger partial charge in [-0.05, 0) is 36.2 Å². The van der Waals surface area contributed by atoms with Gasteiger partial charge < -0.3 is 4.42 Å². The summed E-state index contributed by atoms with van der Waals surface area (Å²) in [7, 11) is -2.05. The zero-order chi connectivity index (χ0) is 14.9. The van der Waals surface area contributed by atoms with Gasteiger partial charge in [0.15, 0.2) is 0 Å². The van der Waals surface area contributed by atoms with E-state index in [4.69, 9.17) is 16.0 Å². The minimum Gasteiger partial charge on any atom is -0.465 e. The van der Waals surface area contributed by atoms with Crippen LogP contribution in [0.2, 0.25) is 0 Å². The predicted octanol–water partition coefficient (Wildman–Crippen LogP) is 3.52. The van der Waals surface area contributed by atoms with Crippen molar-refractivity contribution in [3.63, 3.8) is 0 Å². The van der Waals surface area contributed by atoms with Crippen LogP contribution in [0.1, 0.15) is 22.6 Å². The number of sulfonamides is 1. The third kappa shape index (κ3) is 2.79. The monoisotopic (exact) mass is 333 g/mol. The fourth-order valence-corrected chi connectivity index (χ4v) is 4.71. The summed E-state index contributed by atoms with van der Waals surface area (Å²) >= 11 is 7.40. The molecule has 2 rings (SSSR count). The molecule has 20 heavy (non-hydrogen) atoms. The van der Waals surface area contributed by atoms with E-state index >= 15 is 0 Å². The second kappa shape index (κ2) is 5.89. The Morgan fingerprint density at radius 1 is 1.35 bits per heavy atom. The van der Waals surface area contributed by atoms with Gasteiger partial charge in [-0.3, -0.25) is 0 Å². The molecule has 110 valence electrons. The van der Waals surface area contributed by atoms with Gasteiger partial charge in [-0.1, -0.05) is 0 Å². The molecular formula is C13H16ClNO3S2.